The van der Waals surface area contributed by atoms with E-state index in [1.54, 1.807) is 0 Å². The topological polar surface area (TPSA) is 35.5 Å². The Morgan fingerprint density at radius 2 is 1.95 bits per heavy atom. The maximum atomic E-state index is 10.9. The number of hydrogen-bond acceptors (Lipinski definition) is 3. The summed E-state index contributed by atoms with van der Waals surface area (Å²) in [6.07, 6.45) is 5.04. The average molecular weight is 282 g/mol. The minimum Gasteiger partial charge on any atom is -0.461 e. The van der Waals surface area contributed by atoms with E-state index in [4.69, 9.17) is 9.16 Å². The summed E-state index contributed by atoms with van der Waals surface area (Å²) in [5.74, 6) is -0.238. The Morgan fingerprint density at radius 3 is 2.47 bits per heavy atom. The minimum atomic E-state index is -1.72. The van der Waals surface area contributed by atoms with Crippen LogP contribution in [0.15, 0.2) is 23.3 Å². The number of carbonyl (C=O) groups is 1. The van der Waals surface area contributed by atoms with Gasteiger partial charge in [-0.1, -0.05) is 32.9 Å². The molecule has 0 aromatic carbocycles. The highest BCUT2D eigenvalue weighted by Crippen LogP contribution is 2.37. The molecule has 0 saturated carbocycles. The van der Waals surface area contributed by atoms with Gasteiger partial charge < -0.3 is 9.16 Å². The van der Waals surface area contributed by atoms with Gasteiger partial charge in [0, 0.05) is 6.92 Å². The lowest BCUT2D eigenvalue weighted by Gasteiger charge is -2.36. The van der Waals surface area contributed by atoms with Crippen LogP contribution in [0.2, 0.25) is 18.1 Å². The number of ether oxygens (including phenoxy) is 1. The molecule has 0 spiro atoms. The van der Waals surface area contributed by atoms with E-state index < -0.39 is 8.32 Å². The Hall–Kier alpha value is -0.873. The molecule has 0 aromatic rings. The van der Waals surface area contributed by atoms with E-state index in [1.807, 2.05) is 6.08 Å². The molecule has 0 saturated heterocycles. The molecule has 0 unspecified atom stereocenters. The zero-order valence-corrected chi connectivity index (χ0v) is 14.0. The van der Waals surface area contributed by atoms with Crippen molar-refractivity contribution in [2.45, 2.75) is 52.2 Å². The SMILES string of the molecule is CC(=O)OCC1=C(CO[Si](C)(C)C(C)(C)C)CC=C1. The van der Waals surface area contributed by atoms with Gasteiger partial charge in [-0.15, -0.1) is 0 Å². The molecule has 108 valence electrons. The van der Waals surface area contributed by atoms with E-state index in [2.05, 4.69) is 39.9 Å². The molecular weight excluding hydrogens is 256 g/mol. The van der Waals surface area contributed by atoms with Crippen LogP contribution in [-0.2, 0) is 14.0 Å². The largest absolute Gasteiger partial charge is 0.461 e. The van der Waals surface area contributed by atoms with E-state index in [-0.39, 0.29) is 11.0 Å². The average Bonchev–Trinajstić information content (AvgIpc) is 2.69. The van der Waals surface area contributed by atoms with Crippen molar-refractivity contribution in [3.05, 3.63) is 23.3 Å². The molecule has 0 heterocycles. The molecule has 0 radical (unpaired) electrons. The van der Waals surface area contributed by atoms with Crippen molar-refractivity contribution < 1.29 is 14.0 Å². The van der Waals surface area contributed by atoms with Crippen LogP contribution in [0.5, 0.6) is 0 Å². The zero-order chi connectivity index (χ0) is 14.7. The van der Waals surface area contributed by atoms with Crippen LogP contribution in [-0.4, -0.2) is 27.5 Å². The van der Waals surface area contributed by atoms with Crippen molar-refractivity contribution in [3.8, 4) is 0 Å². The third kappa shape index (κ3) is 4.62. The number of allylic oxidation sites excluding steroid dienone is 1. The summed E-state index contributed by atoms with van der Waals surface area (Å²) in [5, 5.41) is 0.218. The number of rotatable bonds is 5. The summed E-state index contributed by atoms with van der Waals surface area (Å²) in [7, 11) is -1.72. The van der Waals surface area contributed by atoms with Gasteiger partial charge in [0.05, 0.1) is 6.61 Å². The Labute approximate surface area is 117 Å². The highest BCUT2D eigenvalue weighted by atomic mass is 28.4. The molecule has 0 aromatic heterocycles. The van der Waals surface area contributed by atoms with Crippen LogP contribution in [0.4, 0.5) is 0 Å². The lowest BCUT2D eigenvalue weighted by atomic mass is 10.2. The van der Waals surface area contributed by atoms with Gasteiger partial charge in [0.2, 0.25) is 0 Å². The first-order valence-electron chi connectivity index (χ1n) is 6.78. The van der Waals surface area contributed by atoms with Crippen molar-refractivity contribution in [1.82, 2.24) is 0 Å². The normalized spacial score (nSPS) is 16.1. The first-order chi connectivity index (χ1) is 8.63. The van der Waals surface area contributed by atoms with Gasteiger partial charge >= 0.3 is 5.97 Å². The molecule has 1 aliphatic rings. The highest BCUT2D eigenvalue weighted by molar-refractivity contribution is 6.74. The number of hydrogen-bond donors (Lipinski definition) is 0. The molecule has 0 bridgehead atoms. The zero-order valence-electron chi connectivity index (χ0n) is 13.0. The van der Waals surface area contributed by atoms with E-state index in [0.29, 0.717) is 13.2 Å². The molecule has 1 aliphatic carbocycles. The second kappa shape index (κ2) is 6.05. The third-order valence-electron chi connectivity index (χ3n) is 3.98. The molecule has 0 amide bonds. The van der Waals surface area contributed by atoms with Gasteiger partial charge in [0.1, 0.15) is 6.61 Å². The lowest BCUT2D eigenvalue weighted by molar-refractivity contribution is -0.139. The third-order valence-corrected chi connectivity index (χ3v) is 8.46. The number of esters is 1. The molecule has 19 heavy (non-hydrogen) atoms. The fourth-order valence-electron chi connectivity index (χ4n) is 1.56. The van der Waals surface area contributed by atoms with Gasteiger partial charge in [0.25, 0.3) is 0 Å². The second-order valence-electron chi connectivity index (χ2n) is 6.56. The van der Waals surface area contributed by atoms with Crippen LogP contribution < -0.4 is 0 Å². The van der Waals surface area contributed by atoms with Crippen molar-refractivity contribution in [2.75, 3.05) is 13.2 Å². The van der Waals surface area contributed by atoms with Gasteiger partial charge in [-0.2, -0.15) is 0 Å². The maximum Gasteiger partial charge on any atom is 0.302 e. The predicted molar refractivity (Wildman–Crippen MR) is 80.6 cm³/mol. The quantitative estimate of drug-likeness (QED) is 0.568. The first kappa shape index (κ1) is 16.2. The summed E-state index contributed by atoms with van der Waals surface area (Å²) < 4.78 is 11.3. The fraction of sp³-hybridized carbons (Fsp3) is 0.667. The molecule has 0 atom stereocenters. The molecule has 0 fully saturated rings. The van der Waals surface area contributed by atoms with Crippen molar-refractivity contribution >= 4 is 14.3 Å². The molecule has 1 rings (SSSR count). The van der Waals surface area contributed by atoms with Crippen LogP contribution >= 0.6 is 0 Å². The van der Waals surface area contributed by atoms with Gasteiger partial charge in [0.15, 0.2) is 8.32 Å². The number of carbonyl (C=O) groups excluding carboxylic acids is 1. The molecule has 0 aliphatic heterocycles. The predicted octanol–water partition coefficient (Wildman–Crippen LogP) is 3.83. The lowest BCUT2D eigenvalue weighted by Crippen LogP contribution is -2.41. The van der Waals surface area contributed by atoms with Gasteiger partial charge in [-0.25, -0.2) is 0 Å². The summed E-state index contributed by atoms with van der Waals surface area (Å²) in [6.45, 7) is 13.7. The van der Waals surface area contributed by atoms with Crippen molar-refractivity contribution in [3.63, 3.8) is 0 Å². The van der Waals surface area contributed by atoms with Gasteiger partial charge in [-0.05, 0) is 35.7 Å². The molecule has 4 heteroatoms. The summed E-state index contributed by atoms with van der Waals surface area (Å²) in [5.41, 5.74) is 2.33. The molecular formula is C15H26O3Si. The highest BCUT2D eigenvalue weighted by Gasteiger charge is 2.37. The van der Waals surface area contributed by atoms with Gasteiger partial charge in [-0.3, -0.25) is 4.79 Å². The Morgan fingerprint density at radius 1 is 1.32 bits per heavy atom. The van der Waals surface area contributed by atoms with Crippen LogP contribution in [0.25, 0.3) is 0 Å². The first-order valence-corrected chi connectivity index (χ1v) is 9.69. The summed E-state index contributed by atoms with van der Waals surface area (Å²) >= 11 is 0. The van der Waals surface area contributed by atoms with Crippen molar-refractivity contribution in [2.24, 2.45) is 0 Å². The summed E-state index contributed by atoms with van der Waals surface area (Å²) in [4.78, 5) is 10.9. The standard InChI is InChI=1S/C15H26O3Si/c1-12(16)17-10-13-8-7-9-14(13)11-18-19(5,6)15(2,3)4/h7-8H,9-11H2,1-6H3. The van der Waals surface area contributed by atoms with E-state index >= 15 is 0 Å². The maximum absolute atomic E-state index is 10.9. The fourth-order valence-corrected chi connectivity index (χ4v) is 2.53. The smallest absolute Gasteiger partial charge is 0.302 e. The Kier molecular flexibility index (Phi) is 5.16. The van der Waals surface area contributed by atoms with E-state index in [0.717, 1.165) is 12.0 Å². The monoisotopic (exact) mass is 282 g/mol. The second-order valence-corrected chi connectivity index (χ2v) is 11.4. The van der Waals surface area contributed by atoms with Crippen molar-refractivity contribution in [1.29, 1.82) is 0 Å². The Bertz CT molecular complexity index is 400. The summed E-state index contributed by atoms with van der Waals surface area (Å²) in [6, 6.07) is 0. The van der Waals surface area contributed by atoms with E-state index in [9.17, 15) is 4.79 Å². The molecule has 3 nitrogen and oxygen atoms in total. The van der Waals surface area contributed by atoms with Crippen LogP contribution in [0, 0.1) is 0 Å². The minimum absolute atomic E-state index is 0.218. The van der Waals surface area contributed by atoms with Crippen LogP contribution in [0.1, 0.15) is 34.1 Å². The van der Waals surface area contributed by atoms with Crippen LogP contribution in [0.3, 0.4) is 0 Å². The molecule has 0 N–H and O–H groups in total. The van der Waals surface area contributed by atoms with E-state index in [1.165, 1.54) is 12.5 Å². The Balaban J connectivity index is 2.61.